The third kappa shape index (κ3) is 2.48. The lowest BCUT2D eigenvalue weighted by atomic mass is 10.3. The van der Waals surface area contributed by atoms with E-state index in [1.54, 1.807) is 6.92 Å². The number of hydrogen-bond donors (Lipinski definition) is 1. The van der Waals surface area contributed by atoms with Crippen molar-refractivity contribution in [1.82, 2.24) is 9.78 Å². The quantitative estimate of drug-likeness (QED) is 0.622. The van der Waals surface area contributed by atoms with Crippen LogP contribution in [0.15, 0.2) is 6.20 Å². The number of thiocarbonyl (C=S) groups is 1. The molecular formula is C8H11N3O2S2. The highest BCUT2D eigenvalue weighted by Gasteiger charge is 2.17. The Hall–Kier alpha value is -1.08. The van der Waals surface area contributed by atoms with Gasteiger partial charge in [0.25, 0.3) is 0 Å². The van der Waals surface area contributed by atoms with E-state index in [9.17, 15) is 4.79 Å². The van der Waals surface area contributed by atoms with Crippen LogP contribution in [0, 0.1) is 0 Å². The van der Waals surface area contributed by atoms with Gasteiger partial charge in [-0.2, -0.15) is 9.78 Å². The van der Waals surface area contributed by atoms with E-state index in [0.717, 1.165) is 0 Å². The zero-order valence-electron chi connectivity index (χ0n) is 8.39. The summed E-state index contributed by atoms with van der Waals surface area (Å²) in [5.41, 5.74) is 5.95. The highest BCUT2D eigenvalue weighted by atomic mass is 32.2. The SMILES string of the molecule is CCOC(=O)c1cnn(C(=S)SC)c1N. The number of thioether (sulfide) groups is 1. The number of hydrogen-bond acceptors (Lipinski definition) is 6. The number of anilines is 1. The molecule has 1 aromatic rings. The third-order valence-electron chi connectivity index (χ3n) is 1.65. The molecule has 0 aromatic carbocycles. The van der Waals surface area contributed by atoms with E-state index in [0.29, 0.717) is 10.9 Å². The number of carbonyl (C=O) groups is 1. The monoisotopic (exact) mass is 245 g/mol. The number of nitrogen functional groups attached to an aromatic ring is 1. The normalized spacial score (nSPS) is 10.0. The van der Waals surface area contributed by atoms with E-state index >= 15 is 0 Å². The highest BCUT2D eigenvalue weighted by molar-refractivity contribution is 8.22. The summed E-state index contributed by atoms with van der Waals surface area (Å²) in [7, 11) is 0. The fourth-order valence-corrected chi connectivity index (χ4v) is 1.42. The van der Waals surface area contributed by atoms with Gasteiger partial charge in [-0.05, 0) is 13.2 Å². The molecule has 0 spiro atoms. The van der Waals surface area contributed by atoms with Crippen LogP contribution in [0.1, 0.15) is 17.3 Å². The molecule has 0 aliphatic carbocycles. The number of carbonyl (C=O) groups excluding carboxylic acids is 1. The van der Waals surface area contributed by atoms with Gasteiger partial charge in [-0.1, -0.05) is 24.0 Å². The highest BCUT2D eigenvalue weighted by Crippen LogP contribution is 2.15. The summed E-state index contributed by atoms with van der Waals surface area (Å²) in [5.74, 6) is -0.266. The molecule has 0 atom stereocenters. The molecule has 1 heterocycles. The van der Waals surface area contributed by atoms with Crippen molar-refractivity contribution < 1.29 is 9.53 Å². The fraction of sp³-hybridized carbons (Fsp3) is 0.375. The standard InChI is InChI=1S/C8H11N3O2S2/c1-3-13-7(12)5-4-10-11(6(5)9)8(14)15-2/h4H,3,9H2,1-2H3. The summed E-state index contributed by atoms with van der Waals surface area (Å²) in [6.45, 7) is 2.03. The molecule has 0 aliphatic rings. The van der Waals surface area contributed by atoms with Crippen LogP contribution in [-0.4, -0.2) is 32.9 Å². The molecule has 0 saturated carbocycles. The number of nitrogens with two attached hydrogens (primary N) is 1. The number of esters is 1. The first-order valence-corrected chi connectivity index (χ1v) is 5.84. The number of ether oxygens (including phenoxy) is 1. The van der Waals surface area contributed by atoms with Gasteiger partial charge in [0, 0.05) is 0 Å². The van der Waals surface area contributed by atoms with Gasteiger partial charge in [0.05, 0.1) is 12.8 Å². The van der Waals surface area contributed by atoms with Crippen molar-refractivity contribution in [3.63, 3.8) is 0 Å². The Bertz CT molecular complexity index is 389. The summed E-state index contributed by atoms with van der Waals surface area (Å²) in [6, 6.07) is 0. The maximum Gasteiger partial charge on any atom is 0.343 e. The minimum Gasteiger partial charge on any atom is -0.462 e. The maximum absolute atomic E-state index is 11.4. The second-order valence-corrected chi connectivity index (χ2v) is 3.99. The summed E-state index contributed by atoms with van der Waals surface area (Å²) in [5, 5.41) is 3.92. The maximum atomic E-state index is 11.4. The van der Waals surface area contributed by atoms with Crippen molar-refractivity contribution >= 4 is 40.1 Å². The Morgan fingerprint density at radius 2 is 2.47 bits per heavy atom. The van der Waals surface area contributed by atoms with Crippen molar-refractivity contribution in [2.24, 2.45) is 0 Å². The van der Waals surface area contributed by atoms with E-state index in [4.69, 9.17) is 22.7 Å². The molecule has 1 rings (SSSR count). The molecule has 82 valence electrons. The van der Waals surface area contributed by atoms with Crippen molar-refractivity contribution in [2.75, 3.05) is 18.6 Å². The third-order valence-corrected chi connectivity index (χ3v) is 2.84. The van der Waals surface area contributed by atoms with Crippen LogP contribution >= 0.6 is 24.0 Å². The van der Waals surface area contributed by atoms with Gasteiger partial charge in [-0.15, -0.1) is 0 Å². The average Bonchev–Trinajstić information content (AvgIpc) is 2.59. The molecule has 2 N–H and O–H groups in total. The van der Waals surface area contributed by atoms with Crippen molar-refractivity contribution in [2.45, 2.75) is 6.92 Å². The van der Waals surface area contributed by atoms with Crippen LogP contribution in [0.25, 0.3) is 0 Å². The summed E-state index contributed by atoms with van der Waals surface area (Å²) in [6.07, 6.45) is 3.17. The Balaban J connectivity index is 2.98. The summed E-state index contributed by atoms with van der Waals surface area (Å²) >= 11 is 6.34. The molecule has 0 bridgehead atoms. The largest absolute Gasteiger partial charge is 0.462 e. The lowest BCUT2D eigenvalue weighted by Gasteiger charge is -2.03. The predicted molar refractivity (Wildman–Crippen MR) is 64.1 cm³/mol. The molecular weight excluding hydrogens is 234 g/mol. The molecule has 7 heteroatoms. The van der Waals surface area contributed by atoms with Crippen LogP contribution in [0.4, 0.5) is 5.82 Å². The van der Waals surface area contributed by atoms with Crippen LogP contribution < -0.4 is 5.73 Å². The molecule has 0 aliphatic heterocycles. The summed E-state index contributed by atoms with van der Waals surface area (Å²) < 4.78 is 6.64. The van der Waals surface area contributed by atoms with Gasteiger partial charge < -0.3 is 10.5 Å². The predicted octanol–water partition coefficient (Wildman–Crippen LogP) is 1.14. The minimum absolute atomic E-state index is 0.216. The number of aromatic nitrogens is 2. The smallest absolute Gasteiger partial charge is 0.343 e. The van der Waals surface area contributed by atoms with Crippen LogP contribution in [-0.2, 0) is 4.74 Å². The molecule has 0 amide bonds. The lowest BCUT2D eigenvalue weighted by molar-refractivity contribution is 0.0527. The van der Waals surface area contributed by atoms with Crippen LogP contribution in [0.2, 0.25) is 0 Å². The molecule has 1 aromatic heterocycles. The van der Waals surface area contributed by atoms with Gasteiger partial charge in [0.1, 0.15) is 11.4 Å². The van der Waals surface area contributed by atoms with E-state index in [1.807, 2.05) is 6.26 Å². The van der Waals surface area contributed by atoms with Crippen molar-refractivity contribution in [3.8, 4) is 0 Å². The number of rotatable bonds is 2. The first-order chi connectivity index (χ1) is 7.11. The van der Waals surface area contributed by atoms with Crippen molar-refractivity contribution in [3.05, 3.63) is 11.8 Å². The van der Waals surface area contributed by atoms with Gasteiger partial charge in [-0.3, -0.25) is 0 Å². The Morgan fingerprint density at radius 3 is 3.00 bits per heavy atom. The minimum atomic E-state index is -0.481. The summed E-state index contributed by atoms with van der Waals surface area (Å²) in [4.78, 5) is 11.4. The number of nitrogens with zero attached hydrogens (tertiary/aromatic N) is 2. The Labute approximate surface area is 97.0 Å². The second kappa shape index (κ2) is 5.13. The zero-order chi connectivity index (χ0) is 11.4. The fourth-order valence-electron chi connectivity index (χ4n) is 0.956. The molecule has 0 radical (unpaired) electrons. The van der Waals surface area contributed by atoms with Gasteiger partial charge in [-0.25, -0.2) is 4.79 Å². The molecule has 0 saturated heterocycles. The molecule has 5 nitrogen and oxygen atoms in total. The Morgan fingerprint density at radius 1 is 1.80 bits per heavy atom. The van der Waals surface area contributed by atoms with Gasteiger partial charge in [0.15, 0.2) is 4.32 Å². The zero-order valence-corrected chi connectivity index (χ0v) is 10.0. The van der Waals surface area contributed by atoms with Gasteiger partial charge >= 0.3 is 5.97 Å². The molecule has 0 unspecified atom stereocenters. The van der Waals surface area contributed by atoms with E-state index in [-0.39, 0.29) is 11.4 Å². The van der Waals surface area contributed by atoms with E-state index < -0.39 is 5.97 Å². The van der Waals surface area contributed by atoms with Crippen LogP contribution in [0.5, 0.6) is 0 Å². The first-order valence-electron chi connectivity index (χ1n) is 4.20. The molecule has 0 fully saturated rings. The van der Waals surface area contributed by atoms with Gasteiger partial charge in [0.2, 0.25) is 0 Å². The lowest BCUT2D eigenvalue weighted by Crippen LogP contribution is -2.12. The Kier molecular flexibility index (Phi) is 4.10. The second-order valence-electron chi connectivity index (χ2n) is 2.55. The van der Waals surface area contributed by atoms with Crippen LogP contribution in [0.3, 0.4) is 0 Å². The van der Waals surface area contributed by atoms with E-state index in [1.165, 1.54) is 22.6 Å². The average molecular weight is 245 g/mol. The van der Waals surface area contributed by atoms with Crippen molar-refractivity contribution in [1.29, 1.82) is 0 Å². The first kappa shape index (κ1) is 12.0. The molecule has 15 heavy (non-hydrogen) atoms. The topological polar surface area (TPSA) is 70.1 Å². The van der Waals surface area contributed by atoms with E-state index in [2.05, 4.69) is 5.10 Å².